The van der Waals surface area contributed by atoms with Crippen LogP contribution in [-0.4, -0.2) is 44.1 Å². The first-order valence-electron chi connectivity index (χ1n) is 9.52. The summed E-state index contributed by atoms with van der Waals surface area (Å²) in [6, 6.07) is 7.68. The Morgan fingerprint density at radius 1 is 1.30 bits per heavy atom. The lowest BCUT2D eigenvalue weighted by Gasteiger charge is -2.46. The van der Waals surface area contributed by atoms with E-state index in [1.54, 1.807) is 19.1 Å². The van der Waals surface area contributed by atoms with Crippen molar-refractivity contribution in [2.24, 2.45) is 5.41 Å². The van der Waals surface area contributed by atoms with E-state index in [9.17, 15) is 9.59 Å². The van der Waals surface area contributed by atoms with E-state index in [4.69, 9.17) is 9.47 Å². The molecule has 1 aromatic rings. The van der Waals surface area contributed by atoms with Crippen molar-refractivity contribution in [3.05, 3.63) is 41.6 Å². The molecule has 1 aliphatic heterocycles. The summed E-state index contributed by atoms with van der Waals surface area (Å²) >= 11 is 0. The first-order valence-corrected chi connectivity index (χ1v) is 9.52. The maximum absolute atomic E-state index is 13.3. The second-order valence-corrected chi connectivity index (χ2v) is 7.14. The van der Waals surface area contributed by atoms with Gasteiger partial charge in [0.25, 0.3) is 0 Å². The van der Waals surface area contributed by atoms with Crippen LogP contribution >= 0.6 is 0 Å². The van der Waals surface area contributed by atoms with Gasteiger partial charge in [-0.15, -0.1) is 0 Å². The number of hydrogen-bond donors (Lipinski definition) is 1. The van der Waals surface area contributed by atoms with E-state index in [2.05, 4.69) is 11.4 Å². The fourth-order valence-corrected chi connectivity index (χ4v) is 4.08. The third-order valence-corrected chi connectivity index (χ3v) is 5.53. The van der Waals surface area contributed by atoms with Crippen LogP contribution in [0.2, 0.25) is 0 Å². The Morgan fingerprint density at radius 2 is 2.15 bits per heavy atom. The van der Waals surface area contributed by atoms with Crippen LogP contribution in [0, 0.1) is 5.41 Å². The number of carbonyl (C=O) groups excluding carboxylic acids is 2. The molecule has 1 fully saturated rings. The molecule has 2 aliphatic rings. The first kappa shape index (κ1) is 19.4. The van der Waals surface area contributed by atoms with Gasteiger partial charge in [-0.3, -0.25) is 9.59 Å². The SMILES string of the molecule is COCCN1C(=O)CCC2(C(=O)NCc3cccc(OC)c3)CCCC=C12. The molecule has 0 aromatic heterocycles. The highest BCUT2D eigenvalue weighted by Crippen LogP contribution is 2.46. The molecule has 1 aromatic carbocycles. The van der Waals surface area contributed by atoms with E-state index in [1.807, 2.05) is 24.3 Å². The highest BCUT2D eigenvalue weighted by molar-refractivity contribution is 5.91. The highest BCUT2D eigenvalue weighted by Gasteiger charge is 2.49. The van der Waals surface area contributed by atoms with Gasteiger partial charge in [0.2, 0.25) is 11.8 Å². The van der Waals surface area contributed by atoms with Crippen LogP contribution in [0.1, 0.15) is 37.7 Å². The van der Waals surface area contributed by atoms with Crippen LogP contribution in [0.25, 0.3) is 0 Å². The van der Waals surface area contributed by atoms with E-state index in [0.29, 0.717) is 32.5 Å². The van der Waals surface area contributed by atoms with Crippen LogP contribution in [0.4, 0.5) is 0 Å². The van der Waals surface area contributed by atoms with Crippen molar-refractivity contribution in [2.75, 3.05) is 27.4 Å². The Kier molecular flexibility index (Phi) is 6.16. The molecule has 2 amide bonds. The fraction of sp³-hybridized carbons (Fsp3) is 0.524. The molecule has 1 saturated heterocycles. The van der Waals surface area contributed by atoms with Crippen LogP contribution < -0.4 is 10.1 Å². The normalized spacial score (nSPS) is 22.1. The van der Waals surface area contributed by atoms with E-state index < -0.39 is 5.41 Å². The molecule has 1 heterocycles. The predicted molar refractivity (Wildman–Crippen MR) is 102 cm³/mol. The lowest BCUT2D eigenvalue weighted by atomic mass is 9.69. The van der Waals surface area contributed by atoms with Crippen LogP contribution in [0.5, 0.6) is 5.75 Å². The molecule has 6 nitrogen and oxygen atoms in total. The predicted octanol–water partition coefficient (Wildman–Crippen LogP) is 2.63. The van der Waals surface area contributed by atoms with Gasteiger partial charge < -0.3 is 19.7 Å². The number of rotatable bonds is 7. The molecule has 0 spiro atoms. The number of carbonyl (C=O) groups is 2. The molecule has 1 unspecified atom stereocenters. The molecule has 146 valence electrons. The second kappa shape index (κ2) is 8.57. The number of fused-ring (bicyclic) bond motifs is 1. The Hall–Kier alpha value is -2.34. The van der Waals surface area contributed by atoms with Gasteiger partial charge in [-0.1, -0.05) is 18.2 Å². The van der Waals surface area contributed by atoms with E-state index in [-0.39, 0.29) is 11.8 Å². The molecule has 6 heteroatoms. The molecule has 1 atom stereocenters. The summed E-state index contributed by atoms with van der Waals surface area (Å²) < 4.78 is 10.4. The summed E-state index contributed by atoms with van der Waals surface area (Å²) in [5.74, 6) is 0.856. The Bertz CT molecular complexity index is 731. The zero-order valence-corrected chi connectivity index (χ0v) is 16.1. The standard InChI is InChI=1S/C21H28N2O4/c1-26-13-12-23-18-8-3-4-10-21(18,11-9-19(23)24)20(25)22-15-16-6-5-7-17(14-16)27-2/h5-8,14H,3-4,9-13,15H2,1-2H3,(H,22,25). The van der Waals surface area contributed by atoms with Crippen molar-refractivity contribution < 1.29 is 19.1 Å². The third kappa shape index (κ3) is 4.00. The molecular formula is C21H28N2O4. The van der Waals surface area contributed by atoms with Gasteiger partial charge in [-0.2, -0.15) is 0 Å². The topological polar surface area (TPSA) is 67.9 Å². The van der Waals surface area contributed by atoms with Crippen molar-refractivity contribution in [2.45, 2.75) is 38.6 Å². The minimum absolute atomic E-state index is 0.00573. The summed E-state index contributed by atoms with van der Waals surface area (Å²) in [5.41, 5.74) is 1.24. The van der Waals surface area contributed by atoms with Crippen LogP contribution in [0.3, 0.4) is 0 Å². The number of methoxy groups -OCH3 is 2. The van der Waals surface area contributed by atoms with E-state index >= 15 is 0 Å². The summed E-state index contributed by atoms with van der Waals surface area (Å²) in [6.07, 6.45) is 5.68. The number of amides is 2. The lowest BCUT2D eigenvalue weighted by molar-refractivity contribution is -0.141. The summed E-state index contributed by atoms with van der Waals surface area (Å²) in [5, 5.41) is 3.10. The first-order chi connectivity index (χ1) is 13.1. The number of nitrogens with one attached hydrogen (secondary N) is 1. The zero-order valence-electron chi connectivity index (χ0n) is 16.1. The number of nitrogens with zero attached hydrogens (tertiary/aromatic N) is 1. The highest BCUT2D eigenvalue weighted by atomic mass is 16.5. The maximum Gasteiger partial charge on any atom is 0.232 e. The largest absolute Gasteiger partial charge is 0.497 e. The summed E-state index contributed by atoms with van der Waals surface area (Å²) in [4.78, 5) is 27.5. The average molecular weight is 372 g/mol. The van der Waals surface area contributed by atoms with Gasteiger partial charge >= 0.3 is 0 Å². The lowest BCUT2D eigenvalue weighted by Crippen LogP contribution is -2.53. The second-order valence-electron chi connectivity index (χ2n) is 7.14. The molecule has 0 radical (unpaired) electrons. The van der Waals surface area contributed by atoms with Crippen molar-refractivity contribution >= 4 is 11.8 Å². The monoisotopic (exact) mass is 372 g/mol. The Labute approximate surface area is 160 Å². The minimum Gasteiger partial charge on any atom is -0.497 e. The molecule has 0 saturated carbocycles. The smallest absolute Gasteiger partial charge is 0.232 e. The molecule has 1 N–H and O–H groups in total. The zero-order chi connectivity index (χ0) is 19.3. The molecule has 27 heavy (non-hydrogen) atoms. The number of hydrogen-bond acceptors (Lipinski definition) is 4. The van der Waals surface area contributed by atoms with E-state index in [0.717, 1.165) is 36.3 Å². The molecule has 1 aliphatic carbocycles. The van der Waals surface area contributed by atoms with Crippen LogP contribution in [0.15, 0.2) is 36.0 Å². The quantitative estimate of drug-likeness (QED) is 0.799. The molecular weight excluding hydrogens is 344 g/mol. The molecule has 0 bridgehead atoms. The number of benzene rings is 1. The number of allylic oxidation sites excluding steroid dienone is 1. The summed E-state index contributed by atoms with van der Waals surface area (Å²) in [7, 11) is 3.25. The van der Waals surface area contributed by atoms with Crippen molar-refractivity contribution in [3.8, 4) is 5.75 Å². The van der Waals surface area contributed by atoms with Crippen molar-refractivity contribution in [3.63, 3.8) is 0 Å². The number of ether oxygens (including phenoxy) is 2. The third-order valence-electron chi connectivity index (χ3n) is 5.53. The summed E-state index contributed by atoms with van der Waals surface area (Å²) in [6.45, 7) is 1.40. The Morgan fingerprint density at radius 3 is 2.93 bits per heavy atom. The van der Waals surface area contributed by atoms with Gasteiger partial charge in [0.1, 0.15) is 5.75 Å². The van der Waals surface area contributed by atoms with Gasteiger partial charge in [-0.05, 0) is 43.4 Å². The van der Waals surface area contributed by atoms with Gasteiger partial charge in [-0.25, -0.2) is 0 Å². The van der Waals surface area contributed by atoms with Crippen molar-refractivity contribution in [1.29, 1.82) is 0 Å². The average Bonchev–Trinajstić information content (AvgIpc) is 2.71. The number of piperidine rings is 1. The minimum atomic E-state index is -0.612. The molecule has 3 rings (SSSR count). The number of likely N-dealkylation sites (tertiary alicyclic amines) is 1. The van der Waals surface area contributed by atoms with Crippen LogP contribution in [-0.2, 0) is 20.9 Å². The van der Waals surface area contributed by atoms with Gasteiger partial charge in [0.15, 0.2) is 0 Å². The van der Waals surface area contributed by atoms with Gasteiger partial charge in [0.05, 0.1) is 19.1 Å². The van der Waals surface area contributed by atoms with E-state index in [1.165, 1.54) is 0 Å². The fourth-order valence-electron chi connectivity index (χ4n) is 4.08. The maximum atomic E-state index is 13.3. The van der Waals surface area contributed by atoms with Gasteiger partial charge in [0, 0.05) is 32.3 Å². The Balaban J connectivity index is 1.77. The van der Waals surface area contributed by atoms with Crippen molar-refractivity contribution in [1.82, 2.24) is 10.2 Å².